The molecule has 0 aliphatic heterocycles. The number of hydrogen-bond acceptors (Lipinski definition) is 3. The van der Waals surface area contributed by atoms with Crippen LogP contribution in [0.4, 0.5) is 11.4 Å². The van der Waals surface area contributed by atoms with Gasteiger partial charge < -0.3 is 5.32 Å². The van der Waals surface area contributed by atoms with Crippen LogP contribution in [0.1, 0.15) is 42.5 Å². The number of rotatable bonds is 7. The van der Waals surface area contributed by atoms with Gasteiger partial charge in [0.2, 0.25) is 15.9 Å². The molecule has 1 amide bonds. The van der Waals surface area contributed by atoms with E-state index in [1.54, 1.807) is 12.1 Å². The Kier molecular flexibility index (Phi) is 6.88. The minimum Gasteiger partial charge on any atom is -0.324 e. The van der Waals surface area contributed by atoms with Crippen molar-refractivity contribution in [1.82, 2.24) is 0 Å². The number of amides is 1. The van der Waals surface area contributed by atoms with Gasteiger partial charge in [-0.3, -0.25) is 9.10 Å². The zero-order valence-electron chi connectivity index (χ0n) is 17.5. The first-order valence-electron chi connectivity index (χ1n) is 9.55. The zero-order chi connectivity index (χ0) is 21.1. The highest BCUT2D eigenvalue weighted by Gasteiger charge is 2.32. The number of carbonyl (C=O) groups is 1. The number of benzene rings is 2. The van der Waals surface area contributed by atoms with E-state index < -0.39 is 16.1 Å². The molecule has 0 unspecified atom stereocenters. The maximum absolute atomic E-state index is 13.2. The second-order valence-electron chi connectivity index (χ2n) is 7.28. The van der Waals surface area contributed by atoms with Gasteiger partial charge in [-0.2, -0.15) is 0 Å². The summed E-state index contributed by atoms with van der Waals surface area (Å²) in [6, 6.07) is 10.6. The van der Waals surface area contributed by atoms with E-state index in [9.17, 15) is 13.2 Å². The van der Waals surface area contributed by atoms with Crippen LogP contribution in [0.15, 0.2) is 36.4 Å². The molecule has 0 spiro atoms. The van der Waals surface area contributed by atoms with E-state index in [-0.39, 0.29) is 5.91 Å². The molecule has 0 saturated carbocycles. The minimum atomic E-state index is -3.65. The number of aryl methyl sites for hydroxylation is 4. The number of nitrogens with one attached hydrogen (secondary N) is 1. The molecule has 0 saturated heterocycles. The van der Waals surface area contributed by atoms with Crippen molar-refractivity contribution in [2.75, 3.05) is 15.9 Å². The molecule has 0 fully saturated rings. The molecule has 5 nitrogen and oxygen atoms in total. The van der Waals surface area contributed by atoms with E-state index in [4.69, 9.17) is 0 Å². The minimum absolute atomic E-state index is 0.323. The molecule has 0 heterocycles. The summed E-state index contributed by atoms with van der Waals surface area (Å²) in [6.07, 6.45) is 2.28. The third-order valence-corrected chi connectivity index (χ3v) is 5.96. The first-order valence-corrected chi connectivity index (χ1v) is 11.4. The highest BCUT2D eigenvalue weighted by molar-refractivity contribution is 7.92. The Labute approximate surface area is 168 Å². The molecule has 6 heteroatoms. The number of carbonyl (C=O) groups excluding carboxylic acids is 1. The van der Waals surface area contributed by atoms with E-state index in [1.807, 2.05) is 58.9 Å². The quantitative estimate of drug-likeness (QED) is 0.748. The van der Waals surface area contributed by atoms with E-state index in [0.29, 0.717) is 12.1 Å². The number of para-hydroxylation sites is 1. The molecule has 0 aromatic heterocycles. The van der Waals surface area contributed by atoms with Crippen molar-refractivity contribution in [3.63, 3.8) is 0 Å². The van der Waals surface area contributed by atoms with Crippen molar-refractivity contribution >= 4 is 27.3 Å². The summed E-state index contributed by atoms with van der Waals surface area (Å²) in [6.45, 7) is 9.62. The Balaban J connectivity index is 2.48. The van der Waals surface area contributed by atoms with Crippen molar-refractivity contribution in [1.29, 1.82) is 0 Å². The molecule has 1 N–H and O–H groups in total. The van der Waals surface area contributed by atoms with Crippen LogP contribution in [0.2, 0.25) is 0 Å². The molecule has 1 atom stereocenters. The van der Waals surface area contributed by atoms with Crippen LogP contribution in [-0.4, -0.2) is 26.6 Å². The summed E-state index contributed by atoms with van der Waals surface area (Å²) in [4.78, 5) is 13.2. The number of hydrogen-bond donors (Lipinski definition) is 1. The average Bonchev–Trinajstić information content (AvgIpc) is 2.58. The highest BCUT2D eigenvalue weighted by Crippen LogP contribution is 2.27. The summed E-state index contributed by atoms with van der Waals surface area (Å²) >= 11 is 0. The van der Waals surface area contributed by atoms with E-state index >= 15 is 0 Å². The van der Waals surface area contributed by atoms with Gasteiger partial charge >= 0.3 is 0 Å². The Morgan fingerprint density at radius 2 is 1.68 bits per heavy atom. The molecule has 0 aliphatic rings. The summed E-state index contributed by atoms with van der Waals surface area (Å²) in [5, 5.41) is 2.99. The fraction of sp³-hybridized carbons (Fsp3) is 0.409. The van der Waals surface area contributed by atoms with Gasteiger partial charge in [-0.05, 0) is 68.0 Å². The van der Waals surface area contributed by atoms with Gasteiger partial charge in [0.05, 0.1) is 11.9 Å². The van der Waals surface area contributed by atoms with Crippen LogP contribution in [-0.2, 0) is 21.2 Å². The third-order valence-electron chi connectivity index (χ3n) is 4.78. The maximum atomic E-state index is 13.2. The van der Waals surface area contributed by atoms with Crippen molar-refractivity contribution in [2.24, 2.45) is 0 Å². The van der Waals surface area contributed by atoms with Crippen LogP contribution in [0, 0.1) is 20.8 Å². The topological polar surface area (TPSA) is 66.5 Å². The molecule has 152 valence electrons. The molecule has 0 bridgehead atoms. The summed E-state index contributed by atoms with van der Waals surface area (Å²) in [5.41, 5.74) is 5.17. The summed E-state index contributed by atoms with van der Waals surface area (Å²) in [7, 11) is -3.65. The lowest BCUT2D eigenvalue weighted by Gasteiger charge is -2.31. The van der Waals surface area contributed by atoms with Gasteiger partial charge in [0.15, 0.2) is 0 Å². The van der Waals surface area contributed by atoms with Crippen molar-refractivity contribution < 1.29 is 13.2 Å². The average molecular weight is 403 g/mol. The lowest BCUT2D eigenvalue weighted by Crippen LogP contribution is -2.47. The zero-order valence-corrected chi connectivity index (χ0v) is 18.4. The molecule has 2 rings (SSSR count). The lowest BCUT2D eigenvalue weighted by molar-refractivity contribution is -0.117. The van der Waals surface area contributed by atoms with E-state index in [1.165, 1.54) is 4.31 Å². The van der Waals surface area contributed by atoms with Gasteiger partial charge in [0, 0.05) is 5.69 Å². The van der Waals surface area contributed by atoms with Gasteiger partial charge in [0.25, 0.3) is 0 Å². The maximum Gasteiger partial charge on any atom is 0.248 e. The smallest absolute Gasteiger partial charge is 0.248 e. The summed E-state index contributed by atoms with van der Waals surface area (Å²) in [5.74, 6) is -0.323. The van der Waals surface area contributed by atoms with Crippen LogP contribution >= 0.6 is 0 Å². The largest absolute Gasteiger partial charge is 0.324 e. The van der Waals surface area contributed by atoms with Gasteiger partial charge in [-0.15, -0.1) is 0 Å². The summed E-state index contributed by atoms with van der Waals surface area (Å²) < 4.78 is 26.5. The van der Waals surface area contributed by atoms with E-state index in [2.05, 4.69) is 5.32 Å². The molecule has 0 aliphatic carbocycles. The Bertz CT molecular complexity index is 947. The van der Waals surface area contributed by atoms with Crippen LogP contribution in [0.3, 0.4) is 0 Å². The van der Waals surface area contributed by atoms with Crippen molar-refractivity contribution in [3.05, 3.63) is 58.7 Å². The fourth-order valence-electron chi connectivity index (χ4n) is 3.55. The number of nitrogens with zero attached hydrogens (tertiary/aromatic N) is 1. The van der Waals surface area contributed by atoms with Crippen LogP contribution < -0.4 is 9.62 Å². The Morgan fingerprint density at radius 3 is 2.18 bits per heavy atom. The number of anilines is 2. The van der Waals surface area contributed by atoms with Gasteiger partial charge in [0.1, 0.15) is 6.04 Å². The molecule has 28 heavy (non-hydrogen) atoms. The van der Waals surface area contributed by atoms with Crippen LogP contribution in [0.5, 0.6) is 0 Å². The van der Waals surface area contributed by atoms with Gasteiger partial charge in [-0.1, -0.05) is 38.1 Å². The van der Waals surface area contributed by atoms with Gasteiger partial charge in [-0.25, -0.2) is 8.42 Å². The standard InChI is InChI=1S/C22H30N2O3S/c1-7-18-11-9-10-17(5)21(18)23-22(25)20(8-2)24(28(6,26)27)19-13-15(3)12-16(4)14-19/h9-14,20H,7-8H2,1-6H3,(H,23,25)/t20-/m1/s1. The van der Waals surface area contributed by atoms with Crippen LogP contribution in [0.25, 0.3) is 0 Å². The first-order chi connectivity index (χ1) is 13.1. The fourth-order valence-corrected chi connectivity index (χ4v) is 4.74. The monoisotopic (exact) mass is 402 g/mol. The predicted octanol–water partition coefficient (Wildman–Crippen LogP) is 4.36. The SMILES string of the molecule is CCc1cccc(C)c1NC(=O)[C@@H](CC)N(c1cc(C)cc(C)c1)S(C)(=O)=O. The Morgan fingerprint density at radius 1 is 1.07 bits per heavy atom. The normalized spacial score (nSPS) is 12.5. The highest BCUT2D eigenvalue weighted by atomic mass is 32.2. The van der Waals surface area contributed by atoms with E-state index in [0.717, 1.165) is 40.6 Å². The predicted molar refractivity (Wildman–Crippen MR) is 117 cm³/mol. The molecule has 0 radical (unpaired) electrons. The second kappa shape index (κ2) is 8.78. The van der Waals surface area contributed by atoms with Crippen molar-refractivity contribution in [3.8, 4) is 0 Å². The Hall–Kier alpha value is -2.34. The number of sulfonamides is 1. The molecular weight excluding hydrogens is 372 g/mol. The third kappa shape index (κ3) is 4.93. The molecule has 2 aromatic rings. The second-order valence-corrected chi connectivity index (χ2v) is 9.14. The first kappa shape index (κ1) is 22.0. The lowest BCUT2D eigenvalue weighted by atomic mass is 10.0. The van der Waals surface area contributed by atoms with Crippen molar-refractivity contribution in [2.45, 2.75) is 53.5 Å². The molecule has 2 aromatic carbocycles. The molecular formula is C22H30N2O3S.